The molecule has 0 aliphatic heterocycles. The first-order valence-corrected chi connectivity index (χ1v) is 8.86. The first-order chi connectivity index (χ1) is 11.6. The quantitative estimate of drug-likeness (QED) is 0.638. The molecule has 1 N–H and O–H groups in total. The largest absolute Gasteiger partial charge is 0.490 e. The fraction of sp³-hybridized carbons (Fsp3) is 0.400. The molecule has 0 saturated heterocycles. The van der Waals surface area contributed by atoms with Gasteiger partial charge >= 0.3 is 0 Å². The molecule has 0 spiro atoms. The number of nitrogens with one attached hydrogen (secondary N) is 1. The highest BCUT2D eigenvalue weighted by Gasteiger charge is 2.13. The number of benzene rings is 2. The van der Waals surface area contributed by atoms with Gasteiger partial charge in [0.2, 0.25) is 0 Å². The van der Waals surface area contributed by atoms with E-state index in [-0.39, 0.29) is 0 Å². The van der Waals surface area contributed by atoms with Crippen LogP contribution in [0.2, 0.25) is 5.02 Å². The van der Waals surface area contributed by atoms with Gasteiger partial charge in [-0.2, -0.15) is 0 Å². The van der Waals surface area contributed by atoms with Crippen molar-refractivity contribution in [3.63, 3.8) is 0 Å². The summed E-state index contributed by atoms with van der Waals surface area (Å²) in [6, 6.07) is 12.2. The molecule has 0 amide bonds. The van der Waals surface area contributed by atoms with Crippen LogP contribution in [0, 0.1) is 6.92 Å². The zero-order valence-corrected chi connectivity index (χ0v) is 15.5. The van der Waals surface area contributed by atoms with Crippen molar-refractivity contribution in [1.29, 1.82) is 0 Å². The van der Waals surface area contributed by atoms with Crippen molar-refractivity contribution in [3.05, 3.63) is 58.1 Å². The molecule has 0 heterocycles. The van der Waals surface area contributed by atoms with E-state index in [1.807, 2.05) is 31.2 Å². The van der Waals surface area contributed by atoms with Crippen molar-refractivity contribution in [3.8, 4) is 11.5 Å². The summed E-state index contributed by atoms with van der Waals surface area (Å²) in [5, 5.41) is 3.96. The molecule has 0 fully saturated rings. The molecule has 0 aromatic heterocycles. The van der Waals surface area contributed by atoms with Gasteiger partial charge in [0.25, 0.3) is 0 Å². The van der Waals surface area contributed by atoms with Crippen LogP contribution in [-0.4, -0.2) is 13.2 Å². The van der Waals surface area contributed by atoms with Crippen molar-refractivity contribution < 1.29 is 9.47 Å². The van der Waals surface area contributed by atoms with Gasteiger partial charge in [-0.25, -0.2) is 0 Å². The predicted octanol–water partition coefficient (Wildman–Crippen LogP) is 5.13. The Hall–Kier alpha value is -1.71. The Kier molecular flexibility index (Phi) is 7.41. The third-order valence-corrected chi connectivity index (χ3v) is 3.87. The third-order valence-electron chi connectivity index (χ3n) is 3.59. The van der Waals surface area contributed by atoms with Crippen molar-refractivity contribution in [2.45, 2.75) is 40.3 Å². The molecule has 0 saturated carbocycles. The minimum atomic E-state index is 0.467. The number of aryl methyl sites for hydroxylation is 1. The first-order valence-electron chi connectivity index (χ1n) is 8.48. The molecule has 4 heteroatoms. The summed E-state index contributed by atoms with van der Waals surface area (Å²) in [6.45, 7) is 8.96. The van der Waals surface area contributed by atoms with Crippen LogP contribution in [0.15, 0.2) is 36.4 Å². The topological polar surface area (TPSA) is 30.5 Å². The van der Waals surface area contributed by atoms with E-state index in [0.29, 0.717) is 29.7 Å². The summed E-state index contributed by atoms with van der Waals surface area (Å²) in [5.74, 6) is 1.31. The van der Waals surface area contributed by atoms with Crippen LogP contribution in [0.25, 0.3) is 0 Å². The molecular weight excluding hydrogens is 322 g/mol. The number of halogens is 1. The van der Waals surface area contributed by atoms with Gasteiger partial charge < -0.3 is 14.8 Å². The Balaban J connectivity index is 2.14. The molecule has 130 valence electrons. The third kappa shape index (κ3) is 5.43. The summed E-state index contributed by atoms with van der Waals surface area (Å²) in [7, 11) is 0. The second-order valence-electron chi connectivity index (χ2n) is 5.79. The summed E-state index contributed by atoms with van der Waals surface area (Å²) >= 11 is 6.45. The van der Waals surface area contributed by atoms with Gasteiger partial charge in [0.05, 0.1) is 11.6 Å². The maximum Gasteiger partial charge on any atom is 0.180 e. The highest BCUT2D eigenvalue weighted by molar-refractivity contribution is 6.32. The van der Waals surface area contributed by atoms with Crippen molar-refractivity contribution >= 4 is 11.6 Å². The Morgan fingerprint density at radius 2 is 1.88 bits per heavy atom. The highest BCUT2D eigenvalue weighted by Crippen LogP contribution is 2.37. The molecule has 2 aromatic rings. The monoisotopic (exact) mass is 347 g/mol. The molecule has 0 aliphatic carbocycles. The Bertz CT molecular complexity index is 658. The van der Waals surface area contributed by atoms with Gasteiger partial charge in [-0.1, -0.05) is 48.4 Å². The van der Waals surface area contributed by atoms with E-state index in [4.69, 9.17) is 21.1 Å². The normalized spacial score (nSPS) is 10.7. The molecule has 0 bridgehead atoms. The molecule has 3 nitrogen and oxygen atoms in total. The molecule has 0 aliphatic rings. The fourth-order valence-electron chi connectivity index (χ4n) is 2.49. The van der Waals surface area contributed by atoms with E-state index in [1.54, 1.807) is 0 Å². The summed E-state index contributed by atoms with van der Waals surface area (Å²) < 4.78 is 11.7. The molecule has 2 aromatic carbocycles. The lowest BCUT2D eigenvalue weighted by Crippen LogP contribution is -2.14. The van der Waals surface area contributed by atoms with Gasteiger partial charge in [0, 0.05) is 6.54 Å². The van der Waals surface area contributed by atoms with Crippen LogP contribution < -0.4 is 14.8 Å². The molecule has 0 atom stereocenters. The van der Waals surface area contributed by atoms with Gasteiger partial charge in [-0.3, -0.25) is 0 Å². The van der Waals surface area contributed by atoms with Crippen molar-refractivity contribution in [2.24, 2.45) is 0 Å². The average molecular weight is 348 g/mol. The zero-order valence-electron chi connectivity index (χ0n) is 14.7. The van der Waals surface area contributed by atoms with E-state index in [1.165, 1.54) is 5.56 Å². The first kappa shape index (κ1) is 18.6. The van der Waals surface area contributed by atoms with Crippen LogP contribution in [0.4, 0.5) is 0 Å². The minimum Gasteiger partial charge on any atom is -0.490 e. The predicted molar refractivity (Wildman–Crippen MR) is 100 cm³/mol. The lowest BCUT2D eigenvalue weighted by molar-refractivity contribution is 0.269. The average Bonchev–Trinajstić information content (AvgIpc) is 2.55. The Morgan fingerprint density at radius 3 is 2.58 bits per heavy atom. The maximum atomic E-state index is 6.45. The van der Waals surface area contributed by atoms with Crippen molar-refractivity contribution in [2.75, 3.05) is 13.2 Å². The van der Waals surface area contributed by atoms with Gasteiger partial charge in [-0.05, 0) is 50.1 Å². The number of hydrogen-bond acceptors (Lipinski definition) is 3. The van der Waals surface area contributed by atoms with E-state index in [0.717, 1.165) is 30.6 Å². The van der Waals surface area contributed by atoms with Crippen LogP contribution >= 0.6 is 11.6 Å². The lowest BCUT2D eigenvalue weighted by Gasteiger charge is -2.16. The van der Waals surface area contributed by atoms with Crippen molar-refractivity contribution in [1.82, 2.24) is 5.32 Å². The molecule has 0 radical (unpaired) electrons. The smallest absolute Gasteiger partial charge is 0.180 e. The molecule has 24 heavy (non-hydrogen) atoms. The number of hydrogen-bond donors (Lipinski definition) is 1. The minimum absolute atomic E-state index is 0.467. The van der Waals surface area contributed by atoms with Crippen LogP contribution in [0.3, 0.4) is 0 Å². The number of ether oxygens (including phenoxy) is 2. The van der Waals surface area contributed by atoms with E-state index >= 15 is 0 Å². The van der Waals surface area contributed by atoms with Crippen LogP contribution in [0.5, 0.6) is 11.5 Å². The van der Waals surface area contributed by atoms with E-state index in [2.05, 4.69) is 31.3 Å². The van der Waals surface area contributed by atoms with Crippen LogP contribution in [0.1, 0.15) is 37.0 Å². The van der Waals surface area contributed by atoms with E-state index in [9.17, 15) is 0 Å². The molecule has 0 unspecified atom stereocenters. The van der Waals surface area contributed by atoms with E-state index < -0.39 is 0 Å². The Labute approximate surface area is 149 Å². The highest BCUT2D eigenvalue weighted by atomic mass is 35.5. The van der Waals surface area contributed by atoms with Crippen LogP contribution in [-0.2, 0) is 13.2 Å². The summed E-state index contributed by atoms with van der Waals surface area (Å²) in [4.78, 5) is 0. The molecule has 2 rings (SSSR count). The number of rotatable bonds is 9. The second-order valence-corrected chi connectivity index (χ2v) is 6.20. The lowest BCUT2D eigenvalue weighted by atomic mass is 10.1. The zero-order chi connectivity index (χ0) is 17.4. The fourth-order valence-corrected chi connectivity index (χ4v) is 2.78. The molecular formula is C20H26ClNO2. The Morgan fingerprint density at radius 1 is 1.04 bits per heavy atom. The van der Waals surface area contributed by atoms with Gasteiger partial charge in [-0.15, -0.1) is 0 Å². The maximum absolute atomic E-state index is 6.45. The standard InChI is InChI=1S/C20H26ClNO2/c1-4-9-22-13-17-11-18(21)20(19(12-17)23-5-2)24-14-16-8-6-7-15(3)10-16/h6-8,10-12,22H,4-5,9,13-14H2,1-3H3. The second kappa shape index (κ2) is 9.55. The van der Waals surface area contributed by atoms with Gasteiger partial charge in [0.1, 0.15) is 6.61 Å². The SMILES string of the molecule is CCCNCc1cc(Cl)c(OCc2cccc(C)c2)c(OCC)c1. The summed E-state index contributed by atoms with van der Waals surface area (Å²) in [6.07, 6.45) is 1.10. The van der Waals surface area contributed by atoms with Gasteiger partial charge in [0.15, 0.2) is 11.5 Å². The summed E-state index contributed by atoms with van der Waals surface area (Å²) in [5.41, 5.74) is 3.42.